The molecule has 1 aliphatic heterocycles. The van der Waals surface area contributed by atoms with Gasteiger partial charge >= 0.3 is 0 Å². The molecule has 1 aromatic heterocycles. The third-order valence-corrected chi connectivity index (χ3v) is 5.03. The molecule has 1 amide bonds. The highest BCUT2D eigenvalue weighted by molar-refractivity contribution is 7.88. The monoisotopic (exact) mass is 315 g/mol. The Kier molecular flexibility index (Phi) is 4.94. The minimum absolute atomic E-state index is 0.0348. The van der Waals surface area contributed by atoms with E-state index in [1.807, 2.05) is 0 Å². The van der Waals surface area contributed by atoms with Crippen molar-refractivity contribution in [3.63, 3.8) is 0 Å². The number of carbonyl (C=O) groups is 1. The smallest absolute Gasteiger partial charge is 0.273 e. The highest BCUT2D eigenvalue weighted by atomic mass is 32.2. The van der Waals surface area contributed by atoms with Crippen molar-refractivity contribution in [1.29, 1.82) is 0 Å². The van der Waals surface area contributed by atoms with Crippen LogP contribution in [0.1, 0.15) is 41.9 Å². The van der Waals surface area contributed by atoms with E-state index in [2.05, 4.69) is 20.7 Å². The Morgan fingerprint density at radius 1 is 1.43 bits per heavy atom. The first kappa shape index (κ1) is 15.9. The quantitative estimate of drug-likeness (QED) is 0.798. The average molecular weight is 315 g/mol. The summed E-state index contributed by atoms with van der Waals surface area (Å²) >= 11 is 0. The Morgan fingerprint density at radius 3 is 2.81 bits per heavy atom. The summed E-state index contributed by atoms with van der Waals surface area (Å²) in [6.45, 7) is 2.69. The standard InChI is InChI=1S/C12H21N5O3S/c1-9-11(15-16-14-9)12(18)13-7-6-10-5-3-4-8-17(10)21(2,19)20/h10H,3-8H2,1-2H3,(H,13,18)(H,14,15,16). The molecule has 0 radical (unpaired) electrons. The maximum Gasteiger partial charge on any atom is 0.273 e. The molecule has 1 fully saturated rings. The molecule has 0 aromatic carbocycles. The van der Waals surface area contributed by atoms with Crippen molar-refractivity contribution in [2.24, 2.45) is 0 Å². The Labute approximate surface area is 124 Å². The van der Waals surface area contributed by atoms with Gasteiger partial charge in [-0.25, -0.2) is 8.42 Å². The van der Waals surface area contributed by atoms with Crippen molar-refractivity contribution in [3.8, 4) is 0 Å². The van der Waals surface area contributed by atoms with Crippen LogP contribution in [0.5, 0.6) is 0 Å². The summed E-state index contributed by atoms with van der Waals surface area (Å²) in [7, 11) is -3.18. The van der Waals surface area contributed by atoms with Gasteiger partial charge < -0.3 is 5.32 Å². The molecular weight excluding hydrogens is 294 g/mol. The number of H-pyrrole nitrogens is 1. The highest BCUT2D eigenvalue weighted by Gasteiger charge is 2.29. The highest BCUT2D eigenvalue weighted by Crippen LogP contribution is 2.21. The third kappa shape index (κ3) is 4.01. The van der Waals surface area contributed by atoms with Gasteiger partial charge in [-0.1, -0.05) is 6.42 Å². The summed E-state index contributed by atoms with van der Waals surface area (Å²) in [4.78, 5) is 11.9. The van der Waals surface area contributed by atoms with E-state index < -0.39 is 10.0 Å². The number of rotatable bonds is 5. The fraction of sp³-hybridized carbons (Fsp3) is 0.750. The topological polar surface area (TPSA) is 108 Å². The number of nitrogens with one attached hydrogen (secondary N) is 2. The Balaban J connectivity index is 1.87. The zero-order chi connectivity index (χ0) is 15.5. The molecule has 2 rings (SSSR count). The molecule has 1 saturated heterocycles. The summed E-state index contributed by atoms with van der Waals surface area (Å²) in [5, 5.41) is 12.7. The number of carbonyl (C=O) groups excluding carboxylic acids is 1. The summed E-state index contributed by atoms with van der Waals surface area (Å²) in [6, 6.07) is -0.0348. The van der Waals surface area contributed by atoms with Crippen molar-refractivity contribution < 1.29 is 13.2 Å². The zero-order valence-electron chi connectivity index (χ0n) is 12.3. The normalized spacial score (nSPS) is 20.4. The fourth-order valence-electron chi connectivity index (χ4n) is 2.63. The Bertz CT molecular complexity index is 598. The molecule has 8 nitrogen and oxygen atoms in total. The molecular formula is C12H21N5O3S. The van der Waals surface area contributed by atoms with Gasteiger partial charge in [-0.15, -0.1) is 0 Å². The minimum Gasteiger partial charge on any atom is -0.351 e. The molecule has 0 aliphatic carbocycles. The van der Waals surface area contributed by atoms with Gasteiger partial charge in [-0.2, -0.15) is 19.7 Å². The summed E-state index contributed by atoms with van der Waals surface area (Å²) < 4.78 is 25.0. The van der Waals surface area contributed by atoms with Gasteiger partial charge in [0.25, 0.3) is 5.91 Å². The molecule has 9 heteroatoms. The van der Waals surface area contributed by atoms with E-state index in [0.717, 1.165) is 19.3 Å². The van der Waals surface area contributed by atoms with Gasteiger partial charge in [0.1, 0.15) is 0 Å². The molecule has 0 saturated carbocycles. The number of nitrogens with zero attached hydrogens (tertiary/aromatic N) is 3. The van der Waals surface area contributed by atoms with Crippen LogP contribution in [0.25, 0.3) is 0 Å². The van der Waals surface area contributed by atoms with Crippen LogP contribution >= 0.6 is 0 Å². The second kappa shape index (κ2) is 6.52. The molecule has 2 heterocycles. The Morgan fingerprint density at radius 2 is 2.19 bits per heavy atom. The van der Waals surface area contributed by atoms with E-state index in [-0.39, 0.29) is 17.6 Å². The van der Waals surface area contributed by atoms with E-state index >= 15 is 0 Å². The van der Waals surface area contributed by atoms with Gasteiger partial charge in [-0.3, -0.25) is 4.79 Å². The van der Waals surface area contributed by atoms with Crippen LogP contribution in [0.2, 0.25) is 0 Å². The molecule has 118 valence electrons. The first-order valence-electron chi connectivity index (χ1n) is 7.02. The number of amides is 1. The maximum atomic E-state index is 11.9. The molecule has 21 heavy (non-hydrogen) atoms. The van der Waals surface area contributed by atoms with E-state index in [0.29, 0.717) is 25.2 Å². The molecule has 2 N–H and O–H groups in total. The van der Waals surface area contributed by atoms with E-state index in [4.69, 9.17) is 0 Å². The van der Waals surface area contributed by atoms with Gasteiger partial charge in [0.15, 0.2) is 5.69 Å². The number of piperidine rings is 1. The van der Waals surface area contributed by atoms with Crippen molar-refractivity contribution in [3.05, 3.63) is 11.4 Å². The molecule has 1 unspecified atom stereocenters. The number of sulfonamides is 1. The Hall–Kier alpha value is -1.48. The first-order chi connectivity index (χ1) is 9.89. The molecule has 1 aromatic rings. The molecule has 0 spiro atoms. The fourth-order valence-corrected chi connectivity index (χ4v) is 3.85. The van der Waals surface area contributed by atoms with E-state index in [9.17, 15) is 13.2 Å². The largest absolute Gasteiger partial charge is 0.351 e. The van der Waals surface area contributed by atoms with Crippen LogP contribution in [0.4, 0.5) is 0 Å². The summed E-state index contributed by atoms with van der Waals surface area (Å²) in [5.41, 5.74) is 0.821. The van der Waals surface area contributed by atoms with Crippen LogP contribution in [-0.2, 0) is 10.0 Å². The van der Waals surface area contributed by atoms with Crippen LogP contribution in [-0.4, -0.2) is 59.4 Å². The number of aromatic amines is 1. The van der Waals surface area contributed by atoms with E-state index in [1.165, 1.54) is 6.26 Å². The van der Waals surface area contributed by atoms with Crippen LogP contribution in [0.15, 0.2) is 0 Å². The SMILES string of the molecule is Cc1n[nH]nc1C(=O)NCCC1CCCCN1S(C)(=O)=O. The first-order valence-corrected chi connectivity index (χ1v) is 8.87. The van der Waals surface area contributed by atoms with E-state index in [1.54, 1.807) is 11.2 Å². The van der Waals surface area contributed by atoms with Crippen molar-refractivity contribution in [1.82, 2.24) is 25.0 Å². The van der Waals surface area contributed by atoms with Gasteiger partial charge in [0.05, 0.1) is 11.9 Å². The molecule has 1 atom stereocenters. The number of aromatic nitrogens is 3. The predicted octanol–water partition coefficient (Wildman–Crippen LogP) is 0.0471. The third-order valence-electron chi connectivity index (χ3n) is 3.70. The van der Waals surface area contributed by atoms with Gasteiger partial charge in [0, 0.05) is 19.1 Å². The lowest BCUT2D eigenvalue weighted by Gasteiger charge is -2.33. The summed E-state index contributed by atoms with van der Waals surface area (Å²) in [6.07, 6.45) is 4.60. The van der Waals surface area contributed by atoms with Crippen LogP contribution < -0.4 is 5.32 Å². The lowest BCUT2D eigenvalue weighted by Crippen LogP contribution is -2.44. The second-order valence-corrected chi connectivity index (χ2v) is 7.26. The molecule has 0 bridgehead atoms. The van der Waals surface area contributed by atoms with Crippen molar-refractivity contribution in [2.45, 2.75) is 38.6 Å². The van der Waals surface area contributed by atoms with Crippen LogP contribution in [0, 0.1) is 6.92 Å². The lowest BCUT2D eigenvalue weighted by molar-refractivity contribution is 0.0944. The summed E-state index contributed by atoms with van der Waals surface area (Å²) in [5.74, 6) is -0.289. The van der Waals surface area contributed by atoms with Crippen molar-refractivity contribution >= 4 is 15.9 Å². The van der Waals surface area contributed by atoms with Gasteiger partial charge in [-0.05, 0) is 26.2 Å². The van der Waals surface area contributed by atoms with Crippen LogP contribution in [0.3, 0.4) is 0 Å². The second-order valence-electron chi connectivity index (χ2n) is 5.33. The molecule has 1 aliphatic rings. The van der Waals surface area contributed by atoms with Gasteiger partial charge in [0.2, 0.25) is 10.0 Å². The average Bonchev–Trinajstić information content (AvgIpc) is 2.84. The number of hydrogen-bond donors (Lipinski definition) is 2. The maximum absolute atomic E-state index is 11.9. The zero-order valence-corrected chi connectivity index (χ0v) is 13.1. The van der Waals surface area contributed by atoms with Crippen molar-refractivity contribution in [2.75, 3.05) is 19.3 Å². The number of hydrogen-bond acceptors (Lipinski definition) is 5. The predicted molar refractivity (Wildman–Crippen MR) is 77.3 cm³/mol. The lowest BCUT2D eigenvalue weighted by atomic mass is 10.0. The minimum atomic E-state index is -3.18. The number of aryl methyl sites for hydroxylation is 1.